The van der Waals surface area contributed by atoms with Crippen molar-refractivity contribution in [1.29, 1.82) is 0 Å². The third-order valence-electron chi connectivity index (χ3n) is 3.92. The molecule has 21 heavy (non-hydrogen) atoms. The Morgan fingerprint density at radius 1 is 1.24 bits per heavy atom. The van der Waals surface area contributed by atoms with Crippen molar-refractivity contribution in [1.82, 2.24) is 10.2 Å². The number of nitrogens with one attached hydrogen (secondary N) is 1. The van der Waals surface area contributed by atoms with Crippen LogP contribution in [0.2, 0.25) is 0 Å². The van der Waals surface area contributed by atoms with E-state index in [9.17, 15) is 4.79 Å². The molecule has 1 aliphatic heterocycles. The number of rotatable bonds is 5. The number of carbonyl (C=O) groups is 1. The lowest BCUT2D eigenvalue weighted by atomic mass is 10.1. The highest BCUT2D eigenvalue weighted by atomic mass is 32.1. The predicted octanol–water partition coefficient (Wildman–Crippen LogP) is 3.00. The Bertz CT molecular complexity index is 568. The first-order valence-electron chi connectivity index (χ1n) is 7.39. The van der Waals surface area contributed by atoms with E-state index in [1.54, 1.807) is 0 Å². The zero-order chi connectivity index (χ0) is 14.5. The average molecular weight is 300 g/mol. The molecular weight excluding hydrogens is 280 g/mol. The van der Waals surface area contributed by atoms with Gasteiger partial charge in [-0.05, 0) is 35.9 Å². The fourth-order valence-electron chi connectivity index (χ4n) is 2.80. The number of hydrogen-bond donors (Lipinski definition) is 1. The largest absolute Gasteiger partial charge is 0.351 e. The maximum absolute atomic E-state index is 11.9. The summed E-state index contributed by atoms with van der Waals surface area (Å²) in [7, 11) is 0. The van der Waals surface area contributed by atoms with Gasteiger partial charge in [0.2, 0.25) is 0 Å². The van der Waals surface area contributed by atoms with E-state index in [0.29, 0.717) is 5.92 Å². The maximum atomic E-state index is 11.9. The Balaban J connectivity index is 1.44. The highest BCUT2D eigenvalue weighted by Gasteiger charge is 2.23. The van der Waals surface area contributed by atoms with Gasteiger partial charge in [0, 0.05) is 19.6 Å². The van der Waals surface area contributed by atoms with Crippen LogP contribution in [0.5, 0.6) is 0 Å². The number of benzene rings is 1. The maximum Gasteiger partial charge on any atom is 0.261 e. The Kier molecular flexibility index (Phi) is 4.68. The van der Waals surface area contributed by atoms with Gasteiger partial charge in [0.05, 0.1) is 4.88 Å². The molecule has 110 valence electrons. The van der Waals surface area contributed by atoms with Crippen molar-refractivity contribution in [3.05, 3.63) is 58.3 Å². The van der Waals surface area contributed by atoms with Crippen LogP contribution in [0.25, 0.3) is 0 Å². The van der Waals surface area contributed by atoms with Crippen LogP contribution in [0.1, 0.15) is 21.7 Å². The minimum Gasteiger partial charge on any atom is -0.351 e. The Labute approximate surface area is 129 Å². The van der Waals surface area contributed by atoms with Crippen molar-refractivity contribution in [2.75, 3.05) is 19.6 Å². The quantitative estimate of drug-likeness (QED) is 0.920. The molecule has 0 saturated carbocycles. The third-order valence-corrected chi connectivity index (χ3v) is 4.78. The van der Waals surface area contributed by atoms with Crippen molar-refractivity contribution < 1.29 is 4.79 Å². The van der Waals surface area contributed by atoms with Gasteiger partial charge in [-0.3, -0.25) is 9.69 Å². The molecule has 1 aliphatic rings. The molecule has 0 aliphatic carbocycles. The Morgan fingerprint density at radius 2 is 2.10 bits per heavy atom. The minimum atomic E-state index is 0.0616. The summed E-state index contributed by atoms with van der Waals surface area (Å²) >= 11 is 1.49. The third kappa shape index (κ3) is 3.93. The van der Waals surface area contributed by atoms with Crippen LogP contribution < -0.4 is 5.32 Å². The Morgan fingerprint density at radius 3 is 2.86 bits per heavy atom. The van der Waals surface area contributed by atoms with E-state index in [1.807, 2.05) is 17.5 Å². The highest BCUT2D eigenvalue weighted by molar-refractivity contribution is 7.12. The van der Waals surface area contributed by atoms with E-state index >= 15 is 0 Å². The zero-order valence-corrected chi connectivity index (χ0v) is 12.8. The normalized spacial score (nSPS) is 18.8. The van der Waals surface area contributed by atoms with Crippen molar-refractivity contribution in [2.24, 2.45) is 5.92 Å². The van der Waals surface area contributed by atoms with Gasteiger partial charge >= 0.3 is 0 Å². The van der Waals surface area contributed by atoms with Gasteiger partial charge in [-0.15, -0.1) is 11.3 Å². The van der Waals surface area contributed by atoms with E-state index in [0.717, 1.165) is 37.5 Å². The molecule has 0 bridgehead atoms. The zero-order valence-electron chi connectivity index (χ0n) is 12.0. The lowest BCUT2D eigenvalue weighted by Crippen LogP contribution is -2.30. The minimum absolute atomic E-state index is 0.0616. The lowest BCUT2D eigenvalue weighted by Gasteiger charge is -2.16. The number of likely N-dealkylation sites (tertiary alicyclic amines) is 1. The summed E-state index contributed by atoms with van der Waals surface area (Å²) in [5, 5.41) is 4.99. The van der Waals surface area contributed by atoms with E-state index in [1.165, 1.54) is 16.9 Å². The smallest absolute Gasteiger partial charge is 0.261 e. The van der Waals surface area contributed by atoms with Gasteiger partial charge in [-0.25, -0.2) is 0 Å². The van der Waals surface area contributed by atoms with Gasteiger partial charge in [0.15, 0.2) is 0 Å². The second-order valence-corrected chi connectivity index (χ2v) is 6.51. The molecule has 1 amide bonds. The molecule has 1 aromatic carbocycles. The van der Waals surface area contributed by atoms with Crippen LogP contribution in [0, 0.1) is 5.92 Å². The summed E-state index contributed by atoms with van der Waals surface area (Å²) in [6.45, 7) is 3.98. The summed E-state index contributed by atoms with van der Waals surface area (Å²) in [6.07, 6.45) is 1.16. The summed E-state index contributed by atoms with van der Waals surface area (Å²) in [5.74, 6) is 0.629. The van der Waals surface area contributed by atoms with Crippen LogP contribution in [-0.4, -0.2) is 30.4 Å². The molecule has 1 aromatic heterocycles. The SMILES string of the molecule is O=C(NCC1CCN(Cc2ccccc2)C1)c1cccs1. The summed E-state index contributed by atoms with van der Waals surface area (Å²) in [5.41, 5.74) is 1.36. The molecular formula is C17H20N2OS. The van der Waals surface area contributed by atoms with E-state index in [4.69, 9.17) is 0 Å². The topological polar surface area (TPSA) is 32.3 Å². The van der Waals surface area contributed by atoms with Crippen LogP contribution in [-0.2, 0) is 6.54 Å². The van der Waals surface area contributed by atoms with E-state index in [2.05, 4.69) is 40.5 Å². The van der Waals surface area contributed by atoms with Gasteiger partial charge in [0.1, 0.15) is 0 Å². The monoisotopic (exact) mass is 300 g/mol. The lowest BCUT2D eigenvalue weighted by molar-refractivity contribution is 0.0951. The second kappa shape index (κ2) is 6.87. The van der Waals surface area contributed by atoms with Crippen molar-refractivity contribution >= 4 is 17.2 Å². The first-order chi connectivity index (χ1) is 10.3. The van der Waals surface area contributed by atoms with Gasteiger partial charge < -0.3 is 5.32 Å². The van der Waals surface area contributed by atoms with Crippen LogP contribution in [0.3, 0.4) is 0 Å². The number of thiophene rings is 1. The van der Waals surface area contributed by atoms with Gasteiger partial charge in [0.25, 0.3) is 5.91 Å². The molecule has 3 rings (SSSR count). The van der Waals surface area contributed by atoms with Crippen molar-refractivity contribution in [2.45, 2.75) is 13.0 Å². The molecule has 0 spiro atoms. The van der Waals surface area contributed by atoms with E-state index in [-0.39, 0.29) is 5.91 Å². The number of amides is 1. The molecule has 2 aromatic rings. The van der Waals surface area contributed by atoms with Gasteiger partial charge in [-0.1, -0.05) is 36.4 Å². The summed E-state index contributed by atoms with van der Waals surface area (Å²) in [6, 6.07) is 14.4. The molecule has 0 radical (unpaired) electrons. The summed E-state index contributed by atoms with van der Waals surface area (Å²) < 4.78 is 0. The number of nitrogens with zero attached hydrogens (tertiary/aromatic N) is 1. The van der Waals surface area contributed by atoms with Crippen molar-refractivity contribution in [3.63, 3.8) is 0 Å². The average Bonchev–Trinajstić information content (AvgIpc) is 3.17. The second-order valence-electron chi connectivity index (χ2n) is 5.56. The molecule has 2 heterocycles. The molecule has 1 unspecified atom stereocenters. The Hall–Kier alpha value is -1.65. The molecule has 4 heteroatoms. The van der Waals surface area contributed by atoms with E-state index < -0.39 is 0 Å². The van der Waals surface area contributed by atoms with Gasteiger partial charge in [-0.2, -0.15) is 0 Å². The standard InChI is InChI=1S/C17H20N2OS/c20-17(16-7-4-10-21-16)18-11-15-8-9-19(13-15)12-14-5-2-1-3-6-14/h1-7,10,15H,8-9,11-13H2,(H,18,20). The first kappa shape index (κ1) is 14.3. The molecule has 3 nitrogen and oxygen atoms in total. The molecule has 1 atom stereocenters. The number of carbonyl (C=O) groups excluding carboxylic acids is 1. The fraction of sp³-hybridized carbons (Fsp3) is 0.353. The highest BCUT2D eigenvalue weighted by Crippen LogP contribution is 2.18. The molecule has 1 fully saturated rings. The van der Waals surface area contributed by atoms with Crippen LogP contribution in [0.15, 0.2) is 47.8 Å². The predicted molar refractivity (Wildman–Crippen MR) is 86.5 cm³/mol. The molecule has 1 saturated heterocycles. The number of hydrogen-bond acceptors (Lipinski definition) is 3. The fourth-order valence-corrected chi connectivity index (χ4v) is 3.44. The first-order valence-corrected chi connectivity index (χ1v) is 8.27. The van der Waals surface area contributed by atoms with Crippen LogP contribution in [0.4, 0.5) is 0 Å². The summed E-state index contributed by atoms with van der Waals surface area (Å²) in [4.78, 5) is 15.2. The van der Waals surface area contributed by atoms with Crippen molar-refractivity contribution in [3.8, 4) is 0 Å². The van der Waals surface area contributed by atoms with Crippen LogP contribution >= 0.6 is 11.3 Å². The molecule has 1 N–H and O–H groups in total.